The van der Waals surface area contributed by atoms with E-state index in [4.69, 9.17) is 5.73 Å². The van der Waals surface area contributed by atoms with Gasteiger partial charge in [-0.2, -0.15) is 0 Å². The highest BCUT2D eigenvalue weighted by molar-refractivity contribution is 5.28. The number of aryl methyl sites for hydroxylation is 1. The van der Waals surface area contributed by atoms with Gasteiger partial charge in [0.05, 0.1) is 11.2 Å². The molecule has 0 aromatic carbocycles. The summed E-state index contributed by atoms with van der Waals surface area (Å²) < 4.78 is 2.10. The lowest BCUT2D eigenvalue weighted by Gasteiger charge is -2.05. The van der Waals surface area contributed by atoms with E-state index in [0.29, 0.717) is 0 Å². The van der Waals surface area contributed by atoms with Crippen LogP contribution in [0.3, 0.4) is 0 Å². The van der Waals surface area contributed by atoms with Gasteiger partial charge in [-0.1, -0.05) is 0 Å². The Morgan fingerprint density at radius 3 is 2.33 bits per heavy atom. The predicted octanol–water partition coefficient (Wildman–Crippen LogP) is 0.985. The van der Waals surface area contributed by atoms with Gasteiger partial charge in [-0.15, -0.1) is 0 Å². The van der Waals surface area contributed by atoms with Crippen molar-refractivity contribution in [2.45, 2.75) is 32.2 Å². The molecule has 1 heterocycles. The third kappa shape index (κ3) is 0.894. The maximum absolute atomic E-state index is 6.08. The van der Waals surface area contributed by atoms with Gasteiger partial charge in [0.1, 0.15) is 5.82 Å². The molecule has 2 N–H and O–H groups in total. The van der Waals surface area contributed by atoms with Crippen molar-refractivity contribution in [2.75, 3.05) is 0 Å². The van der Waals surface area contributed by atoms with Crippen molar-refractivity contribution in [3.8, 4) is 0 Å². The first-order chi connectivity index (χ1) is 5.54. The molecule has 1 saturated carbocycles. The molecule has 12 heavy (non-hydrogen) atoms. The fourth-order valence-corrected chi connectivity index (χ4v) is 1.56. The fraction of sp³-hybridized carbons (Fsp3) is 0.667. The van der Waals surface area contributed by atoms with Crippen LogP contribution in [0.5, 0.6) is 0 Å². The van der Waals surface area contributed by atoms with Crippen molar-refractivity contribution < 1.29 is 0 Å². The molecule has 0 amide bonds. The van der Waals surface area contributed by atoms with Crippen LogP contribution in [-0.2, 0) is 12.6 Å². The van der Waals surface area contributed by atoms with Gasteiger partial charge in [0.25, 0.3) is 0 Å². The van der Waals surface area contributed by atoms with Crippen LogP contribution in [0.1, 0.15) is 30.1 Å². The molecule has 0 bridgehead atoms. The zero-order valence-electron chi connectivity index (χ0n) is 7.89. The predicted molar refractivity (Wildman–Crippen MR) is 47.8 cm³/mol. The summed E-state index contributed by atoms with van der Waals surface area (Å²) in [5, 5.41) is 0. The number of nitrogens with two attached hydrogens (primary N) is 1. The number of rotatable bonds is 1. The van der Waals surface area contributed by atoms with Crippen LogP contribution < -0.4 is 5.73 Å². The van der Waals surface area contributed by atoms with Crippen molar-refractivity contribution in [2.24, 2.45) is 12.8 Å². The SMILES string of the molecule is Cc1nc(C2(N)CC2)c(C)n1C. The molecule has 3 nitrogen and oxygen atoms in total. The summed E-state index contributed by atoms with van der Waals surface area (Å²) in [6.07, 6.45) is 2.18. The van der Waals surface area contributed by atoms with Crippen molar-refractivity contribution in [1.82, 2.24) is 9.55 Å². The summed E-state index contributed by atoms with van der Waals surface area (Å²) in [5.41, 5.74) is 8.30. The quantitative estimate of drug-likeness (QED) is 0.674. The lowest BCUT2D eigenvalue weighted by molar-refractivity contribution is 0.702. The van der Waals surface area contributed by atoms with E-state index in [9.17, 15) is 0 Å². The minimum absolute atomic E-state index is 0.0872. The Bertz CT molecular complexity index is 321. The van der Waals surface area contributed by atoms with Crippen LogP contribution in [0.15, 0.2) is 0 Å². The van der Waals surface area contributed by atoms with Crippen molar-refractivity contribution in [1.29, 1.82) is 0 Å². The first kappa shape index (κ1) is 7.80. The van der Waals surface area contributed by atoms with Crippen molar-refractivity contribution in [3.63, 3.8) is 0 Å². The third-order valence-corrected chi connectivity index (χ3v) is 2.87. The minimum atomic E-state index is -0.0872. The molecule has 0 spiro atoms. The van der Waals surface area contributed by atoms with E-state index in [2.05, 4.69) is 16.5 Å². The molecule has 0 radical (unpaired) electrons. The molecule has 66 valence electrons. The Balaban J connectivity index is 2.51. The molecular formula is C9H15N3. The molecule has 1 aliphatic carbocycles. The van der Waals surface area contributed by atoms with E-state index in [1.165, 1.54) is 5.69 Å². The maximum Gasteiger partial charge on any atom is 0.105 e. The van der Waals surface area contributed by atoms with Crippen molar-refractivity contribution in [3.05, 3.63) is 17.2 Å². The highest BCUT2D eigenvalue weighted by Gasteiger charge is 2.43. The van der Waals surface area contributed by atoms with Gasteiger partial charge >= 0.3 is 0 Å². The Hall–Kier alpha value is -0.830. The normalized spacial score (nSPS) is 19.7. The topological polar surface area (TPSA) is 43.8 Å². The number of imidazole rings is 1. The van der Waals surface area contributed by atoms with Gasteiger partial charge in [0, 0.05) is 12.7 Å². The average Bonchev–Trinajstić information content (AvgIpc) is 2.71. The van der Waals surface area contributed by atoms with Gasteiger partial charge in [-0.25, -0.2) is 4.98 Å². The fourth-order valence-electron chi connectivity index (χ4n) is 1.56. The molecule has 0 aliphatic heterocycles. The van der Waals surface area contributed by atoms with Crippen LogP contribution in [0.4, 0.5) is 0 Å². The Morgan fingerprint density at radius 1 is 1.42 bits per heavy atom. The van der Waals surface area contributed by atoms with E-state index < -0.39 is 0 Å². The van der Waals surface area contributed by atoms with Gasteiger partial charge in [-0.3, -0.25) is 0 Å². The summed E-state index contributed by atoms with van der Waals surface area (Å²) in [6, 6.07) is 0. The van der Waals surface area contributed by atoms with E-state index in [1.807, 2.05) is 14.0 Å². The van der Waals surface area contributed by atoms with Crippen LogP contribution >= 0.6 is 0 Å². The zero-order valence-corrected chi connectivity index (χ0v) is 7.89. The van der Waals surface area contributed by atoms with E-state index >= 15 is 0 Å². The summed E-state index contributed by atoms with van der Waals surface area (Å²) in [4.78, 5) is 4.48. The number of aromatic nitrogens is 2. The van der Waals surface area contributed by atoms with Crippen LogP contribution in [0, 0.1) is 13.8 Å². The third-order valence-electron chi connectivity index (χ3n) is 2.87. The maximum atomic E-state index is 6.08. The summed E-state index contributed by atoms with van der Waals surface area (Å²) in [7, 11) is 2.03. The smallest absolute Gasteiger partial charge is 0.105 e. The molecule has 2 rings (SSSR count). The van der Waals surface area contributed by atoms with Gasteiger partial charge < -0.3 is 10.3 Å². The first-order valence-corrected chi connectivity index (χ1v) is 4.34. The second-order valence-corrected chi connectivity index (χ2v) is 3.81. The van der Waals surface area contributed by atoms with E-state index in [-0.39, 0.29) is 5.54 Å². The van der Waals surface area contributed by atoms with E-state index in [0.717, 1.165) is 24.4 Å². The highest BCUT2D eigenvalue weighted by Crippen LogP contribution is 2.43. The summed E-state index contributed by atoms with van der Waals surface area (Å²) >= 11 is 0. The molecule has 1 aromatic rings. The highest BCUT2D eigenvalue weighted by atomic mass is 15.1. The second-order valence-electron chi connectivity index (χ2n) is 3.81. The van der Waals surface area contributed by atoms with Gasteiger partial charge in [0.2, 0.25) is 0 Å². The molecule has 1 aliphatic rings. The molecular weight excluding hydrogens is 150 g/mol. The van der Waals surface area contributed by atoms with Crippen LogP contribution in [0.25, 0.3) is 0 Å². The Labute approximate surface area is 72.6 Å². The number of hydrogen-bond acceptors (Lipinski definition) is 2. The van der Waals surface area contributed by atoms with Crippen LogP contribution in [0.2, 0.25) is 0 Å². The molecule has 3 heteroatoms. The Morgan fingerprint density at radius 2 is 2.00 bits per heavy atom. The number of nitrogens with zero attached hydrogens (tertiary/aromatic N) is 2. The van der Waals surface area contributed by atoms with Crippen molar-refractivity contribution >= 4 is 0 Å². The molecule has 1 aromatic heterocycles. The standard InChI is InChI=1S/C9H15N3/c1-6-8(9(10)4-5-9)11-7(2)12(6)3/h4-5,10H2,1-3H3. The van der Waals surface area contributed by atoms with E-state index in [1.54, 1.807) is 0 Å². The lowest BCUT2D eigenvalue weighted by atomic mass is 10.1. The second kappa shape index (κ2) is 2.10. The Kier molecular flexibility index (Phi) is 1.37. The molecule has 0 unspecified atom stereocenters. The minimum Gasteiger partial charge on any atom is -0.335 e. The monoisotopic (exact) mass is 165 g/mol. The zero-order chi connectivity index (χ0) is 8.93. The largest absolute Gasteiger partial charge is 0.335 e. The molecule has 0 atom stereocenters. The first-order valence-electron chi connectivity index (χ1n) is 4.34. The summed E-state index contributed by atoms with van der Waals surface area (Å²) in [6.45, 7) is 4.10. The van der Waals surface area contributed by atoms with Gasteiger partial charge in [0.15, 0.2) is 0 Å². The number of hydrogen-bond donors (Lipinski definition) is 1. The van der Waals surface area contributed by atoms with Gasteiger partial charge in [-0.05, 0) is 26.7 Å². The molecule has 1 fully saturated rings. The average molecular weight is 165 g/mol. The van der Waals surface area contributed by atoms with Crippen LogP contribution in [-0.4, -0.2) is 9.55 Å². The molecule has 0 saturated heterocycles. The lowest BCUT2D eigenvalue weighted by Crippen LogP contribution is -2.20. The summed E-state index contributed by atoms with van der Waals surface area (Å²) in [5.74, 6) is 1.05.